The minimum atomic E-state index is -0.379. The number of rotatable bonds is 4. The van der Waals surface area contributed by atoms with Crippen molar-refractivity contribution >= 4 is 5.91 Å². The molecule has 3 unspecified atom stereocenters. The summed E-state index contributed by atoms with van der Waals surface area (Å²) >= 11 is 0. The van der Waals surface area contributed by atoms with Gasteiger partial charge >= 0.3 is 0 Å². The molecule has 0 spiro atoms. The van der Waals surface area contributed by atoms with E-state index >= 15 is 0 Å². The molecule has 0 radical (unpaired) electrons. The highest BCUT2D eigenvalue weighted by atomic mass is 16.5. The minimum absolute atomic E-state index is 0.114. The summed E-state index contributed by atoms with van der Waals surface area (Å²) in [6.45, 7) is 7.25. The van der Waals surface area contributed by atoms with Crippen LogP contribution in [0.25, 0.3) is 0 Å². The van der Waals surface area contributed by atoms with Crippen LogP contribution < -0.4 is 0 Å². The summed E-state index contributed by atoms with van der Waals surface area (Å²) in [6.07, 6.45) is 2.48. The van der Waals surface area contributed by atoms with Gasteiger partial charge in [-0.3, -0.25) is 4.79 Å². The van der Waals surface area contributed by atoms with Crippen LogP contribution in [0.15, 0.2) is 10.6 Å². The topological polar surface area (TPSA) is 66.6 Å². The molecule has 2 rings (SSSR count). The number of aromatic nitrogens is 1. The first-order valence-corrected chi connectivity index (χ1v) is 7.46. The maximum atomic E-state index is 12.4. The number of carbonyl (C=O) groups excluding carboxylic acids is 1. The Labute approximate surface area is 119 Å². The van der Waals surface area contributed by atoms with Crippen molar-refractivity contribution in [2.24, 2.45) is 5.92 Å². The van der Waals surface area contributed by atoms with Gasteiger partial charge in [0.15, 0.2) is 0 Å². The third kappa shape index (κ3) is 3.20. The fraction of sp³-hybridized carbons (Fsp3) is 0.733. The van der Waals surface area contributed by atoms with E-state index in [2.05, 4.69) is 19.0 Å². The zero-order valence-electron chi connectivity index (χ0n) is 12.5. The van der Waals surface area contributed by atoms with E-state index in [1.54, 1.807) is 17.9 Å². The number of nitrogens with zero attached hydrogens (tertiary/aromatic N) is 2. The molecule has 5 nitrogen and oxygen atoms in total. The zero-order chi connectivity index (χ0) is 14.7. The second-order valence-corrected chi connectivity index (χ2v) is 5.82. The highest BCUT2D eigenvalue weighted by molar-refractivity contribution is 5.91. The smallest absolute Gasteiger partial charge is 0.292 e. The first-order valence-electron chi connectivity index (χ1n) is 7.46. The molecule has 0 aromatic carbocycles. The van der Waals surface area contributed by atoms with Gasteiger partial charge < -0.3 is 14.5 Å². The molecule has 1 aliphatic heterocycles. The van der Waals surface area contributed by atoms with E-state index in [4.69, 9.17) is 4.52 Å². The van der Waals surface area contributed by atoms with Gasteiger partial charge in [0.25, 0.3) is 5.91 Å². The van der Waals surface area contributed by atoms with Gasteiger partial charge in [-0.05, 0) is 26.2 Å². The van der Waals surface area contributed by atoms with Crippen molar-refractivity contribution in [1.29, 1.82) is 0 Å². The third-order valence-electron chi connectivity index (χ3n) is 4.28. The van der Waals surface area contributed by atoms with Gasteiger partial charge in [0.05, 0.1) is 11.8 Å². The van der Waals surface area contributed by atoms with Crippen LogP contribution >= 0.6 is 0 Å². The lowest BCUT2D eigenvalue weighted by Crippen LogP contribution is -2.42. The Morgan fingerprint density at radius 1 is 1.60 bits per heavy atom. The van der Waals surface area contributed by atoms with Crippen LogP contribution in [0.3, 0.4) is 0 Å². The van der Waals surface area contributed by atoms with Crippen molar-refractivity contribution in [2.75, 3.05) is 13.1 Å². The van der Waals surface area contributed by atoms with Gasteiger partial charge in [0.1, 0.15) is 0 Å². The summed E-state index contributed by atoms with van der Waals surface area (Å²) < 4.78 is 5.19. The van der Waals surface area contributed by atoms with E-state index < -0.39 is 0 Å². The molecule has 5 heteroatoms. The van der Waals surface area contributed by atoms with E-state index in [0.717, 1.165) is 31.5 Å². The normalized spacial score (nSPS) is 22.6. The Hall–Kier alpha value is -1.36. The molecule has 1 aliphatic rings. The average Bonchev–Trinajstić information content (AvgIpc) is 2.95. The van der Waals surface area contributed by atoms with E-state index in [1.807, 2.05) is 0 Å². The van der Waals surface area contributed by atoms with Crippen LogP contribution in [-0.4, -0.2) is 40.3 Å². The molecule has 0 bridgehead atoms. The fourth-order valence-electron chi connectivity index (χ4n) is 2.58. The van der Waals surface area contributed by atoms with E-state index in [1.165, 1.54) is 0 Å². The van der Waals surface area contributed by atoms with E-state index in [0.29, 0.717) is 18.2 Å². The van der Waals surface area contributed by atoms with Crippen molar-refractivity contribution in [1.82, 2.24) is 10.1 Å². The van der Waals surface area contributed by atoms with E-state index in [9.17, 15) is 9.90 Å². The lowest BCUT2D eigenvalue weighted by Gasteiger charge is -2.33. The molecule has 1 aromatic heterocycles. The van der Waals surface area contributed by atoms with Gasteiger partial charge in [-0.2, -0.15) is 0 Å². The number of piperidine rings is 1. The fourth-order valence-corrected chi connectivity index (χ4v) is 2.58. The molecule has 1 aromatic rings. The summed E-state index contributed by atoms with van der Waals surface area (Å²) in [5, 5.41) is 13.7. The van der Waals surface area contributed by atoms with Crippen LogP contribution in [0.1, 0.15) is 62.2 Å². The molecule has 2 heterocycles. The zero-order valence-corrected chi connectivity index (χ0v) is 12.5. The third-order valence-corrected chi connectivity index (χ3v) is 4.28. The summed E-state index contributed by atoms with van der Waals surface area (Å²) in [5.41, 5.74) is 0.833. The van der Waals surface area contributed by atoms with Crippen molar-refractivity contribution in [3.8, 4) is 0 Å². The Morgan fingerprint density at radius 3 is 3.00 bits per heavy atom. The molecule has 1 amide bonds. The molecule has 1 N–H and O–H groups in total. The van der Waals surface area contributed by atoms with Crippen LogP contribution in [-0.2, 0) is 0 Å². The van der Waals surface area contributed by atoms with Crippen molar-refractivity contribution < 1.29 is 14.4 Å². The van der Waals surface area contributed by atoms with Gasteiger partial charge in [0, 0.05) is 31.0 Å². The lowest BCUT2D eigenvalue weighted by molar-refractivity contribution is 0.0436. The molecule has 0 aliphatic carbocycles. The number of carbonyl (C=O) groups is 1. The van der Waals surface area contributed by atoms with Crippen molar-refractivity contribution in [3.63, 3.8) is 0 Å². The highest BCUT2D eigenvalue weighted by Gasteiger charge is 2.29. The molecule has 112 valence electrons. The van der Waals surface area contributed by atoms with Gasteiger partial charge in [0.2, 0.25) is 5.76 Å². The number of aliphatic hydroxyl groups is 1. The number of aliphatic hydroxyl groups excluding tert-OH is 1. The quantitative estimate of drug-likeness (QED) is 0.919. The van der Waals surface area contributed by atoms with Crippen molar-refractivity contribution in [3.05, 3.63) is 17.5 Å². The Balaban J connectivity index is 2.05. The van der Waals surface area contributed by atoms with Gasteiger partial charge in [-0.1, -0.05) is 19.0 Å². The van der Waals surface area contributed by atoms with Crippen LogP contribution in [0.4, 0.5) is 0 Å². The molecular weight excluding hydrogens is 256 g/mol. The Bertz CT molecular complexity index is 456. The first-order chi connectivity index (χ1) is 9.52. The van der Waals surface area contributed by atoms with Crippen molar-refractivity contribution in [2.45, 2.75) is 52.1 Å². The summed E-state index contributed by atoms with van der Waals surface area (Å²) in [5.74, 6) is 0.653. The summed E-state index contributed by atoms with van der Waals surface area (Å²) in [4.78, 5) is 14.2. The molecule has 1 saturated heterocycles. The molecule has 20 heavy (non-hydrogen) atoms. The molecule has 0 saturated carbocycles. The number of amides is 1. The Kier molecular flexibility index (Phi) is 4.81. The molecule has 1 fully saturated rings. The average molecular weight is 280 g/mol. The molecular formula is C15H24N2O3. The van der Waals surface area contributed by atoms with Gasteiger partial charge in [-0.15, -0.1) is 0 Å². The standard InChI is InChI=1S/C15H24N2O3/c1-4-10(2)13-8-14(20-16-13)15(19)17-7-5-6-12(9-17)11(3)18/h8,10-12,18H,4-7,9H2,1-3H3. The first kappa shape index (κ1) is 15.0. The SMILES string of the molecule is CCC(C)c1cc(C(=O)N2CCCC(C(C)O)C2)on1. The van der Waals surface area contributed by atoms with E-state index in [-0.39, 0.29) is 17.9 Å². The Morgan fingerprint density at radius 2 is 2.35 bits per heavy atom. The second kappa shape index (κ2) is 6.39. The lowest BCUT2D eigenvalue weighted by atomic mass is 9.93. The highest BCUT2D eigenvalue weighted by Crippen LogP contribution is 2.23. The monoisotopic (exact) mass is 280 g/mol. The van der Waals surface area contributed by atoms with Crippen LogP contribution in [0, 0.1) is 5.92 Å². The number of hydrogen-bond donors (Lipinski definition) is 1. The predicted molar refractivity (Wildman–Crippen MR) is 75.5 cm³/mol. The maximum Gasteiger partial charge on any atom is 0.292 e. The summed E-state index contributed by atoms with van der Waals surface area (Å²) in [7, 11) is 0. The number of hydrogen-bond acceptors (Lipinski definition) is 4. The maximum absolute atomic E-state index is 12.4. The summed E-state index contributed by atoms with van der Waals surface area (Å²) in [6, 6.07) is 1.75. The van der Waals surface area contributed by atoms with Crippen LogP contribution in [0.5, 0.6) is 0 Å². The molecule has 3 atom stereocenters. The van der Waals surface area contributed by atoms with Crippen LogP contribution in [0.2, 0.25) is 0 Å². The largest absolute Gasteiger partial charge is 0.393 e. The second-order valence-electron chi connectivity index (χ2n) is 5.82. The number of likely N-dealkylation sites (tertiary alicyclic amines) is 1. The van der Waals surface area contributed by atoms with Gasteiger partial charge in [-0.25, -0.2) is 0 Å². The predicted octanol–water partition coefficient (Wildman–Crippen LogP) is 2.42. The minimum Gasteiger partial charge on any atom is -0.393 e.